The van der Waals surface area contributed by atoms with Crippen LogP contribution in [-0.2, 0) is 16.8 Å². The van der Waals surface area contributed by atoms with Crippen LogP contribution in [0.2, 0.25) is 0 Å². The van der Waals surface area contributed by atoms with Crippen LogP contribution in [0, 0.1) is 0 Å². The van der Waals surface area contributed by atoms with E-state index < -0.39 is 35.1 Å². The number of carbonyl (C=O) groups is 1. The summed E-state index contributed by atoms with van der Waals surface area (Å²) in [4.78, 5) is 15.2. The third-order valence-electron chi connectivity index (χ3n) is 3.12. The van der Waals surface area contributed by atoms with Crippen molar-refractivity contribution < 1.29 is 36.2 Å². The molecule has 0 saturated carbocycles. The molecule has 1 heterocycles. The Kier molecular flexibility index (Phi) is 4.96. The van der Waals surface area contributed by atoms with E-state index in [1.165, 1.54) is 0 Å². The van der Waals surface area contributed by atoms with Crippen LogP contribution >= 0.6 is 0 Å². The largest absolute Gasteiger partial charge is 0.464 e. The monoisotopic (exact) mass is 361 g/mol. The maximum absolute atomic E-state index is 13.7. The van der Waals surface area contributed by atoms with Gasteiger partial charge in [-0.15, -0.1) is 0 Å². The number of pyridine rings is 1. The molecule has 0 amide bonds. The highest BCUT2D eigenvalue weighted by Gasteiger charge is 2.32. The van der Waals surface area contributed by atoms with Crippen molar-refractivity contribution in [3.05, 3.63) is 53.2 Å². The number of halogens is 5. The van der Waals surface area contributed by atoms with Crippen LogP contribution in [-0.4, -0.2) is 18.1 Å². The van der Waals surface area contributed by atoms with Crippen molar-refractivity contribution in [3.8, 4) is 11.6 Å². The van der Waals surface area contributed by atoms with Crippen molar-refractivity contribution in [2.45, 2.75) is 19.0 Å². The first-order chi connectivity index (χ1) is 11.5. The van der Waals surface area contributed by atoms with Gasteiger partial charge in [-0.2, -0.15) is 13.2 Å². The van der Waals surface area contributed by atoms with Gasteiger partial charge in [-0.05, 0) is 36.4 Å². The van der Waals surface area contributed by atoms with Gasteiger partial charge in [0.25, 0.3) is 5.92 Å². The third kappa shape index (κ3) is 4.43. The van der Waals surface area contributed by atoms with Gasteiger partial charge in [-0.3, -0.25) is 0 Å². The first kappa shape index (κ1) is 18.6. The van der Waals surface area contributed by atoms with Crippen molar-refractivity contribution >= 4 is 5.97 Å². The van der Waals surface area contributed by atoms with Crippen LogP contribution in [0.25, 0.3) is 0 Å². The number of nitrogens with zero attached hydrogens (tertiary/aromatic N) is 1. The van der Waals surface area contributed by atoms with Gasteiger partial charge >= 0.3 is 12.1 Å². The zero-order valence-electron chi connectivity index (χ0n) is 13.0. The molecule has 0 bridgehead atoms. The van der Waals surface area contributed by atoms with E-state index in [-0.39, 0.29) is 11.4 Å². The number of methoxy groups -OCH3 is 1. The average Bonchev–Trinajstić information content (AvgIpc) is 2.52. The van der Waals surface area contributed by atoms with E-state index in [0.717, 1.165) is 43.5 Å². The molecule has 0 N–H and O–H groups in total. The maximum atomic E-state index is 13.7. The summed E-state index contributed by atoms with van der Waals surface area (Å²) in [6, 6.07) is 5.39. The second-order valence-electron chi connectivity index (χ2n) is 5.05. The lowest BCUT2D eigenvalue weighted by Crippen LogP contribution is -2.13. The molecule has 0 fully saturated rings. The summed E-state index contributed by atoms with van der Waals surface area (Å²) >= 11 is 0. The maximum Gasteiger partial charge on any atom is 0.416 e. The number of alkyl halides is 5. The summed E-state index contributed by atoms with van der Waals surface area (Å²) in [5.41, 5.74) is -1.82. The van der Waals surface area contributed by atoms with E-state index in [1.807, 2.05) is 0 Å². The van der Waals surface area contributed by atoms with Crippen LogP contribution < -0.4 is 4.74 Å². The molecule has 0 spiro atoms. The quantitative estimate of drug-likeness (QED) is 0.580. The molecule has 0 aliphatic carbocycles. The minimum absolute atomic E-state index is 0.145. The molecule has 2 aromatic rings. The topological polar surface area (TPSA) is 48.4 Å². The molecule has 134 valence electrons. The number of hydrogen-bond acceptors (Lipinski definition) is 4. The standard InChI is InChI=1S/C16H12F5NO3/c1-15(17,18)11-7-8-12(14(23)24-2)22-13(11)25-10-5-3-9(4-6-10)16(19,20)21/h3-8H,1-2H3. The van der Waals surface area contributed by atoms with E-state index in [0.29, 0.717) is 6.92 Å². The van der Waals surface area contributed by atoms with Crippen LogP contribution in [0.15, 0.2) is 36.4 Å². The van der Waals surface area contributed by atoms with E-state index in [2.05, 4.69) is 9.72 Å². The molecule has 1 aromatic heterocycles. The predicted octanol–water partition coefficient (Wildman–Crippen LogP) is 4.79. The minimum Gasteiger partial charge on any atom is -0.464 e. The van der Waals surface area contributed by atoms with Gasteiger partial charge in [0, 0.05) is 6.92 Å². The normalized spacial score (nSPS) is 12.0. The van der Waals surface area contributed by atoms with E-state index >= 15 is 0 Å². The Labute approximate surface area is 139 Å². The number of carbonyl (C=O) groups excluding carboxylic acids is 1. The summed E-state index contributed by atoms with van der Waals surface area (Å²) in [6.07, 6.45) is -4.54. The molecule has 0 aliphatic rings. The van der Waals surface area contributed by atoms with Crippen molar-refractivity contribution in [3.63, 3.8) is 0 Å². The van der Waals surface area contributed by atoms with E-state index in [1.54, 1.807) is 0 Å². The lowest BCUT2D eigenvalue weighted by Gasteiger charge is -2.16. The minimum atomic E-state index is -4.54. The van der Waals surface area contributed by atoms with Gasteiger partial charge in [0.2, 0.25) is 5.88 Å². The molecule has 9 heteroatoms. The summed E-state index contributed by atoms with van der Waals surface area (Å²) < 4.78 is 74.6. The fourth-order valence-electron chi connectivity index (χ4n) is 1.89. The fraction of sp³-hybridized carbons (Fsp3) is 0.250. The molecule has 25 heavy (non-hydrogen) atoms. The fourth-order valence-corrected chi connectivity index (χ4v) is 1.89. The number of esters is 1. The first-order valence-electron chi connectivity index (χ1n) is 6.85. The number of benzene rings is 1. The first-order valence-corrected chi connectivity index (χ1v) is 6.85. The summed E-state index contributed by atoms with van der Waals surface area (Å²) in [7, 11) is 1.09. The predicted molar refractivity (Wildman–Crippen MR) is 76.7 cm³/mol. The molecule has 0 atom stereocenters. The molecular formula is C16H12F5NO3. The smallest absolute Gasteiger partial charge is 0.416 e. The molecule has 0 unspecified atom stereocenters. The zero-order chi connectivity index (χ0) is 18.8. The number of rotatable bonds is 4. The van der Waals surface area contributed by atoms with Gasteiger partial charge in [0.1, 0.15) is 5.75 Å². The highest BCUT2D eigenvalue weighted by molar-refractivity contribution is 5.87. The summed E-state index contributed by atoms with van der Waals surface area (Å²) in [5.74, 6) is -4.96. The Bertz CT molecular complexity index is 767. The van der Waals surface area contributed by atoms with E-state index in [9.17, 15) is 26.7 Å². The Morgan fingerprint density at radius 1 is 1.00 bits per heavy atom. The van der Waals surface area contributed by atoms with Crippen molar-refractivity contribution in [2.75, 3.05) is 7.11 Å². The Morgan fingerprint density at radius 2 is 1.60 bits per heavy atom. The van der Waals surface area contributed by atoms with Gasteiger partial charge in [0.15, 0.2) is 5.69 Å². The van der Waals surface area contributed by atoms with Gasteiger partial charge in [-0.1, -0.05) is 0 Å². The van der Waals surface area contributed by atoms with Gasteiger partial charge in [0.05, 0.1) is 18.2 Å². The second-order valence-corrected chi connectivity index (χ2v) is 5.05. The molecule has 0 radical (unpaired) electrons. The van der Waals surface area contributed by atoms with Crippen LogP contribution in [0.5, 0.6) is 11.6 Å². The number of hydrogen-bond donors (Lipinski definition) is 0. The van der Waals surface area contributed by atoms with Crippen LogP contribution in [0.4, 0.5) is 22.0 Å². The molecule has 0 aliphatic heterocycles. The molecule has 2 rings (SSSR count). The van der Waals surface area contributed by atoms with Crippen LogP contribution in [0.3, 0.4) is 0 Å². The SMILES string of the molecule is COC(=O)c1ccc(C(C)(F)F)c(Oc2ccc(C(F)(F)F)cc2)n1. The average molecular weight is 361 g/mol. The number of ether oxygens (including phenoxy) is 2. The summed E-state index contributed by atoms with van der Waals surface area (Å²) in [5, 5.41) is 0. The Balaban J connectivity index is 2.40. The zero-order valence-corrected chi connectivity index (χ0v) is 13.0. The highest BCUT2D eigenvalue weighted by Crippen LogP contribution is 2.36. The third-order valence-corrected chi connectivity index (χ3v) is 3.12. The van der Waals surface area contributed by atoms with E-state index in [4.69, 9.17) is 4.74 Å². The van der Waals surface area contributed by atoms with Crippen LogP contribution in [0.1, 0.15) is 28.5 Å². The van der Waals surface area contributed by atoms with Gasteiger partial charge < -0.3 is 9.47 Å². The van der Waals surface area contributed by atoms with Crippen molar-refractivity contribution in [1.29, 1.82) is 0 Å². The summed E-state index contributed by atoms with van der Waals surface area (Å²) in [6.45, 7) is 0.599. The highest BCUT2D eigenvalue weighted by atomic mass is 19.4. The molecule has 0 saturated heterocycles. The van der Waals surface area contributed by atoms with Crippen molar-refractivity contribution in [1.82, 2.24) is 4.98 Å². The Hall–Kier alpha value is -2.71. The lowest BCUT2D eigenvalue weighted by molar-refractivity contribution is -0.137. The molecule has 1 aromatic carbocycles. The van der Waals surface area contributed by atoms with Gasteiger partial charge in [-0.25, -0.2) is 18.6 Å². The van der Waals surface area contributed by atoms with Crippen molar-refractivity contribution in [2.24, 2.45) is 0 Å². The number of aromatic nitrogens is 1. The Morgan fingerprint density at radius 3 is 2.08 bits per heavy atom. The molecule has 4 nitrogen and oxygen atoms in total. The second kappa shape index (κ2) is 6.66. The lowest BCUT2D eigenvalue weighted by atomic mass is 10.1. The molecular weight excluding hydrogens is 349 g/mol.